The largest absolute Gasteiger partial charge is 0.492 e. The van der Waals surface area contributed by atoms with Gasteiger partial charge < -0.3 is 4.74 Å². The van der Waals surface area contributed by atoms with Crippen molar-refractivity contribution in [1.82, 2.24) is 0 Å². The first-order valence-corrected chi connectivity index (χ1v) is 6.78. The van der Waals surface area contributed by atoms with Gasteiger partial charge in [-0.1, -0.05) is 15.9 Å². The Morgan fingerprint density at radius 3 is 3.00 bits per heavy atom. The van der Waals surface area contributed by atoms with Crippen molar-refractivity contribution in [3.05, 3.63) is 28.2 Å². The predicted octanol–water partition coefficient (Wildman–Crippen LogP) is 3.45. The van der Waals surface area contributed by atoms with Gasteiger partial charge in [0.1, 0.15) is 11.8 Å². The molecule has 1 rings (SSSR count). The summed E-state index contributed by atoms with van der Waals surface area (Å²) in [5, 5.41) is 8.89. The molecule has 1 aromatic carbocycles. The average molecular weight is 286 g/mol. The lowest BCUT2D eigenvalue weighted by molar-refractivity contribution is 0.318. The SMILES string of the molecule is CSCCCOc1ccc(Br)cc1C#N. The van der Waals surface area contributed by atoms with Gasteiger partial charge in [-0.2, -0.15) is 17.0 Å². The zero-order chi connectivity index (χ0) is 11.1. The molecule has 0 atom stereocenters. The Balaban J connectivity index is 2.57. The maximum Gasteiger partial charge on any atom is 0.137 e. The second-order valence-electron chi connectivity index (χ2n) is 2.95. The molecule has 0 aliphatic heterocycles. The maximum atomic E-state index is 8.89. The molecule has 0 aliphatic rings. The summed E-state index contributed by atoms with van der Waals surface area (Å²) in [7, 11) is 0. The molecular weight excluding hydrogens is 274 g/mol. The molecule has 0 bridgehead atoms. The highest BCUT2D eigenvalue weighted by Gasteiger charge is 2.03. The molecule has 0 aliphatic carbocycles. The maximum absolute atomic E-state index is 8.89. The second kappa shape index (κ2) is 6.76. The number of hydrogen-bond acceptors (Lipinski definition) is 3. The minimum atomic E-state index is 0.577. The minimum absolute atomic E-state index is 0.577. The van der Waals surface area contributed by atoms with Crippen molar-refractivity contribution in [1.29, 1.82) is 5.26 Å². The summed E-state index contributed by atoms with van der Waals surface area (Å²) in [5.41, 5.74) is 0.577. The van der Waals surface area contributed by atoms with Crippen LogP contribution in [0.5, 0.6) is 5.75 Å². The van der Waals surface area contributed by atoms with Crippen molar-refractivity contribution in [2.75, 3.05) is 18.6 Å². The van der Waals surface area contributed by atoms with Gasteiger partial charge in [0.15, 0.2) is 0 Å². The van der Waals surface area contributed by atoms with Crippen LogP contribution in [0.4, 0.5) is 0 Å². The van der Waals surface area contributed by atoms with Gasteiger partial charge in [0, 0.05) is 4.47 Å². The lowest BCUT2D eigenvalue weighted by atomic mass is 10.2. The Hall–Kier alpha value is -0.660. The quantitative estimate of drug-likeness (QED) is 0.777. The number of halogens is 1. The van der Waals surface area contributed by atoms with Gasteiger partial charge in [0.2, 0.25) is 0 Å². The number of nitriles is 1. The van der Waals surface area contributed by atoms with E-state index in [0.717, 1.165) is 16.6 Å². The summed E-state index contributed by atoms with van der Waals surface area (Å²) in [6, 6.07) is 7.59. The highest BCUT2D eigenvalue weighted by molar-refractivity contribution is 9.10. The molecule has 0 unspecified atom stereocenters. The lowest BCUT2D eigenvalue weighted by Gasteiger charge is -2.07. The second-order valence-corrected chi connectivity index (χ2v) is 4.85. The standard InChI is InChI=1S/C11H12BrNOS/c1-15-6-2-5-14-11-4-3-10(12)7-9(11)8-13/h3-4,7H,2,5-6H2,1H3. The van der Waals surface area contributed by atoms with Crippen molar-refractivity contribution >= 4 is 27.7 Å². The molecular formula is C11H12BrNOS. The molecule has 0 amide bonds. The van der Waals surface area contributed by atoms with Crippen LogP contribution in [0.3, 0.4) is 0 Å². The van der Waals surface area contributed by atoms with E-state index in [4.69, 9.17) is 10.00 Å². The van der Waals surface area contributed by atoms with Crippen LogP contribution in [0.2, 0.25) is 0 Å². The highest BCUT2D eigenvalue weighted by Crippen LogP contribution is 2.22. The number of benzene rings is 1. The van der Waals surface area contributed by atoms with Crippen LogP contribution >= 0.6 is 27.7 Å². The summed E-state index contributed by atoms with van der Waals surface area (Å²) in [6.45, 7) is 0.664. The highest BCUT2D eigenvalue weighted by atomic mass is 79.9. The Morgan fingerprint density at radius 1 is 1.53 bits per heavy atom. The third-order valence-corrected chi connectivity index (χ3v) is 3.00. The minimum Gasteiger partial charge on any atom is -0.492 e. The lowest BCUT2D eigenvalue weighted by Crippen LogP contribution is -2.00. The van der Waals surface area contributed by atoms with Crippen molar-refractivity contribution in [3.8, 4) is 11.8 Å². The molecule has 0 heterocycles. The van der Waals surface area contributed by atoms with Gasteiger partial charge in [-0.3, -0.25) is 0 Å². The molecule has 0 fully saturated rings. The van der Waals surface area contributed by atoms with E-state index in [-0.39, 0.29) is 0 Å². The Kier molecular flexibility index (Phi) is 5.59. The van der Waals surface area contributed by atoms with E-state index in [2.05, 4.69) is 28.3 Å². The number of hydrogen-bond donors (Lipinski definition) is 0. The van der Waals surface area contributed by atoms with Crippen LogP contribution in [0.25, 0.3) is 0 Å². The normalized spacial score (nSPS) is 9.67. The van der Waals surface area contributed by atoms with Crippen LogP contribution in [0.1, 0.15) is 12.0 Å². The predicted molar refractivity (Wildman–Crippen MR) is 67.4 cm³/mol. The van der Waals surface area contributed by atoms with Gasteiger partial charge in [0.25, 0.3) is 0 Å². The van der Waals surface area contributed by atoms with Crippen LogP contribution in [0.15, 0.2) is 22.7 Å². The van der Waals surface area contributed by atoms with E-state index in [1.54, 1.807) is 17.8 Å². The van der Waals surface area contributed by atoms with Gasteiger partial charge in [-0.25, -0.2) is 0 Å². The molecule has 15 heavy (non-hydrogen) atoms. The smallest absolute Gasteiger partial charge is 0.137 e. The topological polar surface area (TPSA) is 33.0 Å². The summed E-state index contributed by atoms with van der Waals surface area (Å²) in [6.07, 6.45) is 3.07. The fourth-order valence-electron chi connectivity index (χ4n) is 1.10. The molecule has 0 N–H and O–H groups in total. The van der Waals surface area contributed by atoms with Crippen LogP contribution in [-0.4, -0.2) is 18.6 Å². The number of nitrogens with zero attached hydrogens (tertiary/aromatic N) is 1. The summed E-state index contributed by atoms with van der Waals surface area (Å²) in [4.78, 5) is 0. The first kappa shape index (κ1) is 12.4. The molecule has 0 saturated heterocycles. The van der Waals surface area contributed by atoms with E-state index >= 15 is 0 Å². The Morgan fingerprint density at radius 2 is 2.33 bits per heavy atom. The fourth-order valence-corrected chi connectivity index (χ4v) is 1.87. The molecule has 2 nitrogen and oxygen atoms in total. The van der Waals surface area contributed by atoms with Gasteiger partial charge in [-0.15, -0.1) is 0 Å². The number of thioether (sulfide) groups is 1. The van der Waals surface area contributed by atoms with Crippen molar-refractivity contribution in [3.63, 3.8) is 0 Å². The van der Waals surface area contributed by atoms with Gasteiger partial charge in [-0.05, 0) is 36.6 Å². The first-order chi connectivity index (χ1) is 7.27. The van der Waals surface area contributed by atoms with Crippen molar-refractivity contribution in [2.24, 2.45) is 0 Å². The summed E-state index contributed by atoms with van der Waals surface area (Å²) < 4.78 is 6.43. The third-order valence-electron chi connectivity index (χ3n) is 1.81. The van der Waals surface area contributed by atoms with E-state index in [1.165, 1.54) is 0 Å². The van der Waals surface area contributed by atoms with Crippen LogP contribution in [0, 0.1) is 11.3 Å². The Labute approximate surface area is 103 Å². The van der Waals surface area contributed by atoms with Gasteiger partial charge in [0.05, 0.1) is 12.2 Å². The summed E-state index contributed by atoms with van der Waals surface area (Å²) in [5.74, 6) is 1.75. The molecule has 80 valence electrons. The van der Waals surface area contributed by atoms with Crippen LogP contribution < -0.4 is 4.74 Å². The molecule has 0 radical (unpaired) electrons. The number of ether oxygens (including phenoxy) is 1. The van der Waals surface area contributed by atoms with Crippen molar-refractivity contribution in [2.45, 2.75) is 6.42 Å². The van der Waals surface area contributed by atoms with E-state index < -0.39 is 0 Å². The number of rotatable bonds is 5. The molecule has 4 heteroatoms. The van der Waals surface area contributed by atoms with E-state index in [0.29, 0.717) is 17.9 Å². The zero-order valence-corrected chi connectivity index (χ0v) is 10.9. The third kappa shape index (κ3) is 4.15. The summed E-state index contributed by atoms with van der Waals surface area (Å²) >= 11 is 5.12. The first-order valence-electron chi connectivity index (χ1n) is 4.59. The van der Waals surface area contributed by atoms with E-state index in [1.807, 2.05) is 12.1 Å². The Bertz CT molecular complexity index is 362. The average Bonchev–Trinajstić information content (AvgIpc) is 2.26. The van der Waals surface area contributed by atoms with Gasteiger partial charge >= 0.3 is 0 Å². The van der Waals surface area contributed by atoms with Crippen LogP contribution in [-0.2, 0) is 0 Å². The van der Waals surface area contributed by atoms with E-state index in [9.17, 15) is 0 Å². The molecule has 0 saturated carbocycles. The molecule has 0 aromatic heterocycles. The molecule has 1 aromatic rings. The van der Waals surface area contributed by atoms with Crippen molar-refractivity contribution < 1.29 is 4.74 Å². The molecule has 0 spiro atoms. The fraction of sp³-hybridized carbons (Fsp3) is 0.364. The zero-order valence-electron chi connectivity index (χ0n) is 8.50. The monoisotopic (exact) mass is 285 g/mol.